The molecule has 0 aliphatic heterocycles. The van der Waals surface area contributed by atoms with Crippen LogP contribution in [0.4, 0.5) is 5.13 Å². The van der Waals surface area contributed by atoms with E-state index in [1.165, 1.54) is 6.07 Å². The average molecular weight is 335 g/mol. The number of rotatable bonds is 3. The summed E-state index contributed by atoms with van der Waals surface area (Å²) in [6.07, 6.45) is 0. The average Bonchev–Trinajstić information content (AvgIpc) is 2.73. The molecule has 0 radical (unpaired) electrons. The third-order valence-corrected chi connectivity index (χ3v) is 4.58. The summed E-state index contributed by atoms with van der Waals surface area (Å²) in [6, 6.07) is 5.03. The molecule has 0 unspecified atom stereocenters. The lowest BCUT2D eigenvalue weighted by molar-refractivity contribution is 0.600. The van der Waals surface area contributed by atoms with Crippen LogP contribution in [0.25, 0.3) is 0 Å². The van der Waals surface area contributed by atoms with Crippen molar-refractivity contribution in [1.29, 1.82) is 0 Å². The predicted octanol–water partition coefficient (Wildman–Crippen LogP) is 1.80. The molecule has 2 rings (SSSR count). The maximum absolute atomic E-state index is 12.1. The van der Waals surface area contributed by atoms with Crippen molar-refractivity contribution in [3.63, 3.8) is 0 Å². The Morgan fingerprint density at radius 1 is 1.41 bits per heavy atom. The number of aryl methyl sites for hydroxylation is 1. The van der Waals surface area contributed by atoms with Crippen LogP contribution in [0.2, 0.25) is 0 Å². The molecule has 6 nitrogen and oxygen atoms in total. The summed E-state index contributed by atoms with van der Waals surface area (Å²) >= 11 is 4.12. The van der Waals surface area contributed by atoms with Crippen LogP contribution in [0.5, 0.6) is 0 Å². The Hall–Kier alpha value is -1.06. The molecule has 0 aliphatic rings. The van der Waals surface area contributed by atoms with Gasteiger partial charge in [-0.2, -0.15) is 0 Å². The summed E-state index contributed by atoms with van der Waals surface area (Å²) in [6.45, 7) is 1.72. The Labute approximate surface area is 110 Å². The smallest absolute Gasteiger partial charge is 0.252 e. The summed E-state index contributed by atoms with van der Waals surface area (Å²) in [4.78, 5) is 0.196. The monoisotopic (exact) mass is 334 g/mol. The van der Waals surface area contributed by atoms with Crippen molar-refractivity contribution in [2.45, 2.75) is 11.8 Å². The molecule has 0 saturated carbocycles. The van der Waals surface area contributed by atoms with Gasteiger partial charge in [0.15, 0.2) is 0 Å². The van der Waals surface area contributed by atoms with E-state index in [1.54, 1.807) is 19.1 Å². The zero-order valence-corrected chi connectivity index (χ0v) is 11.8. The molecule has 0 saturated heterocycles. The van der Waals surface area contributed by atoms with Crippen molar-refractivity contribution >= 4 is 42.6 Å². The van der Waals surface area contributed by atoms with Crippen LogP contribution >= 0.6 is 27.5 Å². The van der Waals surface area contributed by atoms with Crippen LogP contribution in [-0.4, -0.2) is 23.2 Å². The van der Waals surface area contributed by atoms with Gasteiger partial charge >= 0.3 is 0 Å². The number of aromatic nitrogens is 3. The minimum Gasteiger partial charge on any atom is -0.252 e. The number of nitrogens with zero attached hydrogens (tertiary/aromatic N) is 3. The van der Waals surface area contributed by atoms with Gasteiger partial charge in [-0.1, -0.05) is 31.6 Å². The molecule has 1 aromatic heterocycles. The van der Waals surface area contributed by atoms with Crippen LogP contribution in [-0.2, 0) is 10.0 Å². The summed E-state index contributed by atoms with van der Waals surface area (Å²) in [5.74, 6) is 0. The Balaban J connectivity index is 2.41. The van der Waals surface area contributed by atoms with Gasteiger partial charge < -0.3 is 0 Å². The maximum Gasteiger partial charge on any atom is 0.264 e. The molecule has 0 bridgehead atoms. The van der Waals surface area contributed by atoms with E-state index in [0.717, 1.165) is 11.5 Å². The van der Waals surface area contributed by atoms with Crippen molar-refractivity contribution in [1.82, 2.24) is 14.8 Å². The molecule has 0 fully saturated rings. The normalized spacial score (nSPS) is 11.4. The van der Waals surface area contributed by atoms with Gasteiger partial charge in [-0.05, 0) is 29.8 Å². The second-order valence-electron chi connectivity index (χ2n) is 3.18. The highest BCUT2D eigenvalue weighted by molar-refractivity contribution is 9.10. The Morgan fingerprint density at radius 3 is 2.82 bits per heavy atom. The van der Waals surface area contributed by atoms with E-state index < -0.39 is 10.0 Å². The number of benzene rings is 1. The Morgan fingerprint density at radius 2 is 2.18 bits per heavy atom. The second kappa shape index (κ2) is 4.67. The highest BCUT2D eigenvalue weighted by Crippen LogP contribution is 2.22. The topological polar surface area (TPSA) is 84.8 Å². The Kier molecular flexibility index (Phi) is 3.40. The molecule has 0 aliphatic carbocycles. The first-order chi connectivity index (χ1) is 7.99. The third kappa shape index (κ3) is 2.79. The zero-order chi connectivity index (χ0) is 12.5. The van der Waals surface area contributed by atoms with Crippen molar-refractivity contribution in [3.8, 4) is 0 Å². The van der Waals surface area contributed by atoms with Crippen LogP contribution in [0, 0.1) is 6.92 Å². The molecule has 0 amide bonds. The van der Waals surface area contributed by atoms with Gasteiger partial charge in [-0.25, -0.2) is 8.42 Å². The molecular formula is C8H7BrN4O2S2. The Bertz CT molecular complexity index is 627. The number of halogens is 1. The fourth-order valence-corrected chi connectivity index (χ4v) is 3.58. The molecule has 1 aromatic carbocycles. The minimum atomic E-state index is -3.65. The molecule has 17 heavy (non-hydrogen) atoms. The SMILES string of the molecule is Cc1ccc(Br)cc1S(=O)(=O)Nc1nnns1. The molecule has 90 valence electrons. The van der Waals surface area contributed by atoms with Crippen LogP contribution in [0.1, 0.15) is 5.56 Å². The van der Waals surface area contributed by atoms with E-state index in [4.69, 9.17) is 0 Å². The van der Waals surface area contributed by atoms with Crippen molar-refractivity contribution < 1.29 is 8.42 Å². The molecule has 9 heteroatoms. The summed E-state index contributed by atoms with van der Waals surface area (Å²) in [5, 5.41) is 7.00. The quantitative estimate of drug-likeness (QED) is 0.925. The lowest BCUT2D eigenvalue weighted by Gasteiger charge is -2.07. The number of hydrogen-bond donors (Lipinski definition) is 1. The zero-order valence-electron chi connectivity index (χ0n) is 8.58. The number of nitrogens with one attached hydrogen (secondary N) is 1. The highest BCUT2D eigenvalue weighted by Gasteiger charge is 2.18. The van der Waals surface area contributed by atoms with Crippen LogP contribution < -0.4 is 4.72 Å². The lowest BCUT2D eigenvalue weighted by atomic mass is 10.2. The molecule has 0 atom stereocenters. The standard InChI is InChI=1S/C8H7BrN4O2S2/c1-5-2-3-6(9)4-7(5)17(14,15)11-8-10-12-13-16-8/h2-4H,1H3,(H,10,11,13). The van der Waals surface area contributed by atoms with E-state index in [9.17, 15) is 8.42 Å². The number of hydrogen-bond acceptors (Lipinski definition) is 6. The molecule has 1 N–H and O–H groups in total. The summed E-state index contributed by atoms with van der Waals surface area (Å²) < 4.78 is 30.6. The third-order valence-electron chi connectivity index (χ3n) is 1.96. The second-order valence-corrected chi connectivity index (χ2v) is 6.48. The fourth-order valence-electron chi connectivity index (χ4n) is 1.21. The number of sulfonamides is 1. The summed E-state index contributed by atoms with van der Waals surface area (Å²) in [7, 11) is -3.65. The van der Waals surface area contributed by atoms with Gasteiger partial charge in [0.1, 0.15) is 0 Å². The van der Waals surface area contributed by atoms with Gasteiger partial charge in [-0.15, -0.1) is 0 Å². The van der Waals surface area contributed by atoms with Crippen LogP contribution in [0.15, 0.2) is 27.6 Å². The van der Waals surface area contributed by atoms with Gasteiger partial charge in [0.25, 0.3) is 10.0 Å². The largest absolute Gasteiger partial charge is 0.264 e. The lowest BCUT2D eigenvalue weighted by Crippen LogP contribution is -2.14. The summed E-state index contributed by atoms with van der Waals surface area (Å²) in [5.41, 5.74) is 0.651. The van der Waals surface area contributed by atoms with E-state index in [2.05, 4.69) is 35.5 Å². The van der Waals surface area contributed by atoms with Crippen LogP contribution in [0.3, 0.4) is 0 Å². The number of anilines is 1. The molecule has 1 heterocycles. The van der Waals surface area contributed by atoms with Crippen molar-refractivity contribution in [2.24, 2.45) is 0 Å². The highest BCUT2D eigenvalue weighted by atomic mass is 79.9. The molecule has 2 aromatic rings. The van der Waals surface area contributed by atoms with Crippen molar-refractivity contribution in [2.75, 3.05) is 4.72 Å². The molecular weight excluding hydrogens is 328 g/mol. The fraction of sp³-hybridized carbons (Fsp3) is 0.125. The van der Waals surface area contributed by atoms with E-state index in [1.807, 2.05) is 0 Å². The molecule has 0 spiro atoms. The predicted molar refractivity (Wildman–Crippen MR) is 67.4 cm³/mol. The van der Waals surface area contributed by atoms with Gasteiger partial charge in [0, 0.05) is 16.0 Å². The van der Waals surface area contributed by atoms with E-state index in [-0.39, 0.29) is 10.0 Å². The maximum atomic E-state index is 12.1. The van der Waals surface area contributed by atoms with Gasteiger partial charge in [0.05, 0.1) is 4.90 Å². The van der Waals surface area contributed by atoms with E-state index >= 15 is 0 Å². The first-order valence-corrected chi connectivity index (χ1v) is 7.48. The van der Waals surface area contributed by atoms with Gasteiger partial charge in [0.2, 0.25) is 5.13 Å². The minimum absolute atomic E-state index is 0.143. The first kappa shape index (κ1) is 12.4. The van der Waals surface area contributed by atoms with E-state index in [0.29, 0.717) is 10.0 Å². The first-order valence-electron chi connectivity index (χ1n) is 4.43. The van der Waals surface area contributed by atoms with Crippen molar-refractivity contribution in [3.05, 3.63) is 28.2 Å². The van der Waals surface area contributed by atoms with Gasteiger partial charge in [-0.3, -0.25) is 4.72 Å².